The van der Waals surface area contributed by atoms with Crippen LogP contribution >= 0.6 is 12.4 Å². The van der Waals surface area contributed by atoms with Gasteiger partial charge in [-0.25, -0.2) is 4.98 Å². The van der Waals surface area contributed by atoms with Crippen molar-refractivity contribution >= 4 is 35.4 Å². The lowest BCUT2D eigenvalue weighted by Crippen LogP contribution is -2.45. The minimum absolute atomic E-state index is 0. The van der Waals surface area contributed by atoms with Crippen molar-refractivity contribution in [1.29, 1.82) is 0 Å². The normalized spacial score (nSPS) is 15.0. The first kappa shape index (κ1) is 18.2. The van der Waals surface area contributed by atoms with E-state index in [4.69, 9.17) is 14.3 Å². The van der Waals surface area contributed by atoms with Crippen molar-refractivity contribution in [2.24, 2.45) is 0 Å². The lowest BCUT2D eigenvalue weighted by molar-refractivity contribution is -0.138. The summed E-state index contributed by atoms with van der Waals surface area (Å²) < 4.78 is 10.8. The summed E-state index contributed by atoms with van der Waals surface area (Å²) >= 11 is 0. The molecule has 0 bridgehead atoms. The van der Waals surface area contributed by atoms with Gasteiger partial charge in [-0.3, -0.25) is 9.59 Å². The predicted molar refractivity (Wildman–Crippen MR) is 88.5 cm³/mol. The third-order valence-corrected chi connectivity index (χ3v) is 3.92. The highest BCUT2D eigenvalue weighted by Gasteiger charge is 2.30. The zero-order valence-electron chi connectivity index (χ0n) is 13.2. The maximum atomic E-state index is 12.7. The molecule has 8 heteroatoms. The van der Waals surface area contributed by atoms with E-state index in [-0.39, 0.29) is 30.8 Å². The molecule has 2 aromatic heterocycles. The molecule has 0 atom stereocenters. The van der Waals surface area contributed by atoms with Crippen molar-refractivity contribution in [2.75, 3.05) is 19.8 Å². The third kappa shape index (κ3) is 3.85. The number of ether oxygens (including phenoxy) is 1. The first-order valence-electron chi connectivity index (χ1n) is 7.52. The monoisotopic (exact) mass is 354 g/mol. The fourth-order valence-corrected chi connectivity index (χ4v) is 2.78. The zero-order chi connectivity index (χ0) is 16.4. The summed E-state index contributed by atoms with van der Waals surface area (Å²) in [5.41, 5.74) is 1.93. The van der Waals surface area contributed by atoms with E-state index in [0.717, 1.165) is 5.69 Å². The highest BCUT2D eigenvalue weighted by Crippen LogP contribution is 2.22. The van der Waals surface area contributed by atoms with Gasteiger partial charge in [0.2, 0.25) is 0 Å². The number of rotatable bonds is 4. The quantitative estimate of drug-likeness (QED) is 0.905. The lowest BCUT2D eigenvalue weighted by Gasteiger charge is -2.32. The van der Waals surface area contributed by atoms with Gasteiger partial charge in [0.05, 0.1) is 0 Å². The molecule has 1 fully saturated rings. The number of carbonyl (C=O) groups excluding carboxylic acids is 1. The van der Waals surface area contributed by atoms with Gasteiger partial charge < -0.3 is 19.2 Å². The molecule has 3 rings (SSSR count). The van der Waals surface area contributed by atoms with E-state index < -0.39 is 11.9 Å². The Labute approximate surface area is 145 Å². The van der Waals surface area contributed by atoms with Crippen LogP contribution < -0.4 is 0 Å². The summed E-state index contributed by atoms with van der Waals surface area (Å²) in [5.74, 6) is -1.35. The predicted octanol–water partition coefficient (Wildman–Crippen LogP) is 2.26. The molecular formula is C16H19ClN2O5. The second-order valence-electron chi connectivity index (χ2n) is 5.62. The Hall–Kier alpha value is -2.12. The van der Waals surface area contributed by atoms with Crippen LogP contribution in [0.3, 0.4) is 0 Å². The van der Waals surface area contributed by atoms with E-state index in [1.54, 1.807) is 18.2 Å². The fraction of sp³-hybridized carbons (Fsp3) is 0.438. The summed E-state index contributed by atoms with van der Waals surface area (Å²) in [6, 6.07) is 4.96. The molecule has 0 aliphatic carbocycles. The number of carboxylic acids is 1. The number of furan rings is 1. The molecule has 0 saturated carbocycles. The van der Waals surface area contributed by atoms with Crippen molar-refractivity contribution < 1.29 is 23.8 Å². The Bertz CT molecular complexity index is 739. The van der Waals surface area contributed by atoms with E-state index >= 15 is 0 Å². The first-order valence-corrected chi connectivity index (χ1v) is 7.52. The van der Waals surface area contributed by atoms with Crippen molar-refractivity contribution in [2.45, 2.75) is 25.8 Å². The molecule has 1 saturated heterocycles. The molecule has 3 heterocycles. The highest BCUT2D eigenvalue weighted by atomic mass is 35.5. The van der Waals surface area contributed by atoms with E-state index in [2.05, 4.69) is 4.98 Å². The summed E-state index contributed by atoms with van der Waals surface area (Å²) in [7, 11) is 0. The summed E-state index contributed by atoms with van der Waals surface area (Å²) in [4.78, 5) is 29.5. The standard InChI is InChI=1S/C16H18N2O5.ClH/c1-10-2-3-13-12(17-10)8-14(23-13)16(21)18(9-15(19)20)11-4-6-22-7-5-11;/h2-3,8,11H,4-7,9H2,1H3,(H,19,20);1H. The van der Waals surface area contributed by atoms with Crippen LogP contribution in [0.25, 0.3) is 11.1 Å². The second-order valence-corrected chi connectivity index (χ2v) is 5.62. The molecule has 0 aromatic carbocycles. The van der Waals surface area contributed by atoms with Gasteiger partial charge in [0.15, 0.2) is 11.3 Å². The number of fused-ring (bicyclic) bond motifs is 1. The number of amides is 1. The number of hydrogen-bond donors (Lipinski definition) is 1. The van der Waals surface area contributed by atoms with Crippen LogP contribution in [0.4, 0.5) is 0 Å². The number of carbonyl (C=O) groups is 2. The van der Waals surface area contributed by atoms with Crippen LogP contribution in [0.5, 0.6) is 0 Å². The van der Waals surface area contributed by atoms with E-state index in [0.29, 0.717) is 37.2 Å². The molecule has 1 aliphatic rings. The Morgan fingerprint density at radius 3 is 2.71 bits per heavy atom. The van der Waals surface area contributed by atoms with Gasteiger partial charge in [-0.1, -0.05) is 0 Å². The average molecular weight is 355 g/mol. The number of pyridine rings is 1. The minimum Gasteiger partial charge on any atom is -0.480 e. The third-order valence-electron chi connectivity index (χ3n) is 3.92. The van der Waals surface area contributed by atoms with Gasteiger partial charge in [0.25, 0.3) is 5.91 Å². The molecule has 1 amide bonds. The van der Waals surface area contributed by atoms with E-state index in [1.165, 1.54) is 4.90 Å². The van der Waals surface area contributed by atoms with Gasteiger partial charge in [-0.05, 0) is 31.9 Å². The fourth-order valence-electron chi connectivity index (χ4n) is 2.78. The zero-order valence-corrected chi connectivity index (χ0v) is 14.0. The molecule has 0 spiro atoms. The molecule has 130 valence electrons. The maximum absolute atomic E-state index is 12.7. The van der Waals surface area contributed by atoms with E-state index in [1.807, 2.05) is 6.92 Å². The van der Waals surface area contributed by atoms with Crippen molar-refractivity contribution in [3.8, 4) is 0 Å². The van der Waals surface area contributed by atoms with Crippen LogP contribution in [0.1, 0.15) is 29.1 Å². The summed E-state index contributed by atoms with van der Waals surface area (Å²) in [5, 5.41) is 9.12. The largest absolute Gasteiger partial charge is 0.480 e. The van der Waals surface area contributed by atoms with Crippen molar-refractivity contribution in [3.63, 3.8) is 0 Å². The van der Waals surface area contributed by atoms with Crippen LogP contribution in [0.15, 0.2) is 22.6 Å². The second kappa shape index (κ2) is 7.63. The number of carboxylic acid groups (broad SMARTS) is 1. The molecule has 0 unspecified atom stereocenters. The minimum atomic E-state index is -1.05. The number of halogens is 1. The Balaban J connectivity index is 0.00000208. The Morgan fingerprint density at radius 1 is 1.33 bits per heavy atom. The number of aromatic nitrogens is 1. The number of aryl methyl sites for hydroxylation is 1. The van der Waals surface area contributed by atoms with Crippen molar-refractivity contribution in [3.05, 3.63) is 29.7 Å². The average Bonchev–Trinajstić information content (AvgIpc) is 2.95. The SMILES string of the molecule is Cc1ccc2oc(C(=O)N(CC(=O)O)C3CCOCC3)cc2n1.Cl. The van der Waals surface area contributed by atoms with Gasteiger partial charge in [-0.15, -0.1) is 12.4 Å². The molecule has 1 aliphatic heterocycles. The van der Waals surface area contributed by atoms with Crippen LogP contribution in [0.2, 0.25) is 0 Å². The molecular weight excluding hydrogens is 336 g/mol. The lowest BCUT2D eigenvalue weighted by atomic mass is 10.1. The first-order chi connectivity index (χ1) is 11.0. The smallest absolute Gasteiger partial charge is 0.323 e. The number of aliphatic carboxylic acids is 1. The number of hydrogen-bond acceptors (Lipinski definition) is 5. The summed E-state index contributed by atoms with van der Waals surface area (Å²) in [6.07, 6.45) is 1.24. The highest BCUT2D eigenvalue weighted by molar-refractivity contribution is 5.96. The molecule has 0 radical (unpaired) electrons. The molecule has 24 heavy (non-hydrogen) atoms. The topological polar surface area (TPSA) is 92.9 Å². The summed E-state index contributed by atoms with van der Waals surface area (Å²) in [6.45, 7) is 2.55. The number of nitrogens with zero attached hydrogens (tertiary/aromatic N) is 2. The van der Waals surface area contributed by atoms with Crippen LogP contribution in [-0.4, -0.2) is 52.7 Å². The maximum Gasteiger partial charge on any atom is 0.323 e. The van der Waals surface area contributed by atoms with Gasteiger partial charge in [-0.2, -0.15) is 0 Å². The van der Waals surface area contributed by atoms with Crippen LogP contribution in [-0.2, 0) is 9.53 Å². The van der Waals surface area contributed by atoms with Crippen LogP contribution in [0, 0.1) is 6.92 Å². The van der Waals surface area contributed by atoms with E-state index in [9.17, 15) is 9.59 Å². The Morgan fingerprint density at radius 2 is 2.04 bits per heavy atom. The van der Waals surface area contributed by atoms with Gasteiger partial charge >= 0.3 is 5.97 Å². The Kier molecular flexibility index (Phi) is 5.80. The van der Waals surface area contributed by atoms with Gasteiger partial charge in [0, 0.05) is 31.0 Å². The molecule has 7 nitrogen and oxygen atoms in total. The van der Waals surface area contributed by atoms with Crippen molar-refractivity contribution in [1.82, 2.24) is 9.88 Å². The molecule has 1 N–H and O–H groups in total. The van der Waals surface area contributed by atoms with Gasteiger partial charge in [0.1, 0.15) is 12.1 Å². The molecule has 2 aromatic rings.